The van der Waals surface area contributed by atoms with Crippen LogP contribution in [0, 0.1) is 11.8 Å². The summed E-state index contributed by atoms with van der Waals surface area (Å²) in [5.74, 6) is -0.448. The van der Waals surface area contributed by atoms with Crippen LogP contribution in [0.5, 0.6) is 0 Å². The number of nitrogens with one attached hydrogen (secondary N) is 1. The summed E-state index contributed by atoms with van der Waals surface area (Å²) in [6.07, 6.45) is 0.588. The maximum atomic E-state index is 12.1. The fourth-order valence-corrected chi connectivity index (χ4v) is 1.74. The highest BCUT2D eigenvalue weighted by Gasteiger charge is 2.30. The van der Waals surface area contributed by atoms with Crippen LogP contribution in [0.15, 0.2) is 0 Å². The zero-order valence-corrected chi connectivity index (χ0v) is 13.8. The molecule has 0 aliphatic heterocycles. The second-order valence-corrected chi connectivity index (χ2v) is 7.00. The van der Waals surface area contributed by atoms with Crippen molar-refractivity contribution in [3.05, 3.63) is 0 Å². The number of amides is 1. The Hall–Kier alpha value is -1.10. The van der Waals surface area contributed by atoms with Crippen LogP contribution in [0.25, 0.3) is 0 Å². The van der Waals surface area contributed by atoms with Crippen molar-refractivity contribution in [1.82, 2.24) is 5.32 Å². The van der Waals surface area contributed by atoms with Gasteiger partial charge in [0.05, 0.1) is 6.04 Å². The summed E-state index contributed by atoms with van der Waals surface area (Å²) >= 11 is 0. The van der Waals surface area contributed by atoms with Gasteiger partial charge in [-0.25, -0.2) is 4.79 Å². The van der Waals surface area contributed by atoms with E-state index in [1.807, 2.05) is 27.7 Å². The van der Waals surface area contributed by atoms with E-state index < -0.39 is 23.7 Å². The maximum Gasteiger partial charge on any atom is 0.329 e. The number of esters is 1. The van der Waals surface area contributed by atoms with Crippen LogP contribution in [0.3, 0.4) is 0 Å². The van der Waals surface area contributed by atoms with Crippen molar-refractivity contribution < 1.29 is 14.3 Å². The predicted molar refractivity (Wildman–Crippen MR) is 80.0 cm³/mol. The standard InChI is InChI=1S/C15H30N2O3/c1-9(2)8-11(16)13(18)17-12(10(3)4)14(19)20-15(5,6)7/h9-12H,8,16H2,1-7H3,(H,17,18)/t11-,12-/m0/s1. The number of hydrogen-bond donors (Lipinski definition) is 2. The molecule has 0 aromatic heterocycles. The molecule has 0 fully saturated rings. The summed E-state index contributed by atoms with van der Waals surface area (Å²) < 4.78 is 5.33. The zero-order valence-electron chi connectivity index (χ0n) is 13.8. The molecular weight excluding hydrogens is 256 g/mol. The van der Waals surface area contributed by atoms with Gasteiger partial charge in [-0.2, -0.15) is 0 Å². The molecular formula is C15H30N2O3. The third-order valence-electron chi connectivity index (χ3n) is 2.69. The van der Waals surface area contributed by atoms with Crippen LogP contribution in [0.4, 0.5) is 0 Å². The lowest BCUT2D eigenvalue weighted by Gasteiger charge is -2.27. The molecule has 0 rings (SSSR count). The quantitative estimate of drug-likeness (QED) is 0.730. The number of nitrogens with two attached hydrogens (primary N) is 1. The molecule has 3 N–H and O–H groups in total. The van der Waals surface area contributed by atoms with Crippen LogP contribution < -0.4 is 11.1 Å². The van der Waals surface area contributed by atoms with E-state index in [1.54, 1.807) is 20.8 Å². The molecule has 0 spiro atoms. The van der Waals surface area contributed by atoms with Gasteiger partial charge in [0.15, 0.2) is 0 Å². The molecule has 0 saturated heterocycles. The topological polar surface area (TPSA) is 81.4 Å². The highest BCUT2D eigenvalue weighted by Crippen LogP contribution is 2.13. The lowest BCUT2D eigenvalue weighted by Crippen LogP contribution is -2.52. The highest BCUT2D eigenvalue weighted by atomic mass is 16.6. The zero-order chi connectivity index (χ0) is 16.1. The Morgan fingerprint density at radius 3 is 2.00 bits per heavy atom. The van der Waals surface area contributed by atoms with E-state index >= 15 is 0 Å². The summed E-state index contributed by atoms with van der Waals surface area (Å²) in [4.78, 5) is 24.1. The van der Waals surface area contributed by atoms with Crippen molar-refractivity contribution in [2.45, 2.75) is 72.6 Å². The van der Waals surface area contributed by atoms with Gasteiger partial charge in [-0.05, 0) is 39.0 Å². The van der Waals surface area contributed by atoms with E-state index in [2.05, 4.69) is 5.32 Å². The highest BCUT2D eigenvalue weighted by molar-refractivity contribution is 5.87. The Bertz CT molecular complexity index is 333. The number of ether oxygens (including phenoxy) is 1. The molecule has 2 atom stereocenters. The van der Waals surface area contributed by atoms with Crippen molar-refractivity contribution in [1.29, 1.82) is 0 Å². The Kier molecular flexibility index (Phi) is 7.20. The first kappa shape index (κ1) is 18.9. The molecule has 5 nitrogen and oxygen atoms in total. The normalized spacial score (nSPS) is 15.1. The van der Waals surface area contributed by atoms with Crippen LogP contribution in [-0.4, -0.2) is 29.6 Å². The molecule has 0 unspecified atom stereocenters. The molecule has 118 valence electrons. The van der Waals surface area contributed by atoms with Crippen molar-refractivity contribution in [3.8, 4) is 0 Å². The minimum Gasteiger partial charge on any atom is -0.458 e. The number of rotatable bonds is 6. The van der Waals surface area contributed by atoms with E-state index in [0.29, 0.717) is 12.3 Å². The number of carbonyl (C=O) groups excluding carboxylic acids is 2. The summed E-state index contributed by atoms with van der Waals surface area (Å²) in [5.41, 5.74) is 5.26. The first-order valence-electron chi connectivity index (χ1n) is 7.23. The summed E-state index contributed by atoms with van der Waals surface area (Å²) in [6.45, 7) is 13.1. The second-order valence-electron chi connectivity index (χ2n) is 7.00. The van der Waals surface area contributed by atoms with Crippen molar-refractivity contribution >= 4 is 11.9 Å². The van der Waals surface area contributed by atoms with Gasteiger partial charge in [0, 0.05) is 0 Å². The van der Waals surface area contributed by atoms with Crippen molar-refractivity contribution in [3.63, 3.8) is 0 Å². The molecule has 0 radical (unpaired) electrons. The van der Waals surface area contributed by atoms with Crippen LogP contribution in [0.2, 0.25) is 0 Å². The van der Waals surface area contributed by atoms with Crippen LogP contribution in [-0.2, 0) is 14.3 Å². The summed E-state index contributed by atoms with van der Waals surface area (Å²) in [6, 6.07) is -1.27. The van der Waals surface area contributed by atoms with E-state index in [-0.39, 0.29) is 11.8 Å². The van der Waals surface area contributed by atoms with E-state index in [4.69, 9.17) is 10.5 Å². The minimum atomic E-state index is -0.667. The van der Waals surface area contributed by atoms with Gasteiger partial charge < -0.3 is 15.8 Å². The molecule has 0 aliphatic rings. The van der Waals surface area contributed by atoms with Crippen LogP contribution >= 0.6 is 0 Å². The largest absolute Gasteiger partial charge is 0.458 e. The smallest absolute Gasteiger partial charge is 0.329 e. The molecule has 20 heavy (non-hydrogen) atoms. The third kappa shape index (κ3) is 7.48. The van der Waals surface area contributed by atoms with Crippen LogP contribution in [0.1, 0.15) is 54.9 Å². The van der Waals surface area contributed by atoms with Crippen molar-refractivity contribution in [2.75, 3.05) is 0 Å². The van der Waals surface area contributed by atoms with Gasteiger partial charge in [-0.15, -0.1) is 0 Å². The monoisotopic (exact) mass is 286 g/mol. The number of carbonyl (C=O) groups is 2. The van der Waals surface area contributed by atoms with Gasteiger partial charge in [0.1, 0.15) is 11.6 Å². The molecule has 0 heterocycles. The molecule has 0 aromatic carbocycles. The van der Waals surface area contributed by atoms with E-state index in [1.165, 1.54) is 0 Å². The van der Waals surface area contributed by atoms with Gasteiger partial charge in [0.2, 0.25) is 5.91 Å². The average Bonchev–Trinajstić information content (AvgIpc) is 2.21. The first-order valence-corrected chi connectivity index (χ1v) is 7.23. The Morgan fingerprint density at radius 1 is 1.15 bits per heavy atom. The van der Waals surface area contributed by atoms with Gasteiger partial charge in [-0.3, -0.25) is 4.79 Å². The molecule has 0 saturated carbocycles. The maximum absolute atomic E-state index is 12.1. The summed E-state index contributed by atoms with van der Waals surface area (Å²) in [7, 11) is 0. The Balaban J connectivity index is 4.71. The van der Waals surface area contributed by atoms with Gasteiger partial charge >= 0.3 is 5.97 Å². The van der Waals surface area contributed by atoms with E-state index in [9.17, 15) is 9.59 Å². The van der Waals surface area contributed by atoms with Gasteiger partial charge in [-0.1, -0.05) is 27.7 Å². The van der Waals surface area contributed by atoms with Crippen molar-refractivity contribution in [2.24, 2.45) is 17.6 Å². The van der Waals surface area contributed by atoms with Gasteiger partial charge in [0.25, 0.3) is 0 Å². The predicted octanol–water partition coefficient (Wildman–Crippen LogP) is 1.84. The second kappa shape index (κ2) is 7.62. The molecule has 0 aliphatic carbocycles. The summed E-state index contributed by atoms with van der Waals surface area (Å²) in [5, 5.41) is 2.71. The fourth-order valence-electron chi connectivity index (χ4n) is 1.74. The molecule has 1 amide bonds. The SMILES string of the molecule is CC(C)C[C@H](N)C(=O)N[C@H](C(=O)OC(C)(C)C)C(C)C. The molecule has 5 heteroatoms. The molecule has 0 aromatic rings. The third-order valence-corrected chi connectivity index (χ3v) is 2.69. The first-order chi connectivity index (χ1) is 8.94. The molecule has 0 bridgehead atoms. The fraction of sp³-hybridized carbons (Fsp3) is 0.867. The Morgan fingerprint density at radius 2 is 1.65 bits per heavy atom. The minimum absolute atomic E-state index is 0.0555. The lowest BCUT2D eigenvalue weighted by molar-refractivity contribution is -0.160. The average molecular weight is 286 g/mol. The Labute approximate surface area is 122 Å². The van der Waals surface area contributed by atoms with E-state index in [0.717, 1.165) is 0 Å². The number of hydrogen-bond acceptors (Lipinski definition) is 4. The lowest BCUT2D eigenvalue weighted by atomic mass is 10.0.